The molecule has 0 aliphatic carbocycles. The Morgan fingerprint density at radius 2 is 1.55 bits per heavy atom. The maximum Gasteiger partial charge on any atom is 0.185 e. The van der Waals surface area contributed by atoms with Crippen LogP contribution in [0.1, 0.15) is 27.0 Å². The highest BCUT2D eigenvalue weighted by Crippen LogP contribution is 2.29. The number of hydrogen-bond acceptors (Lipinski definition) is 3. The lowest BCUT2D eigenvalue weighted by molar-refractivity contribution is -0.870. The molecule has 33 heavy (non-hydrogen) atoms. The summed E-state index contributed by atoms with van der Waals surface area (Å²) < 4.78 is 6.93. The molecule has 0 bridgehead atoms. The molecule has 3 aromatic carbocycles. The quantitative estimate of drug-likeness (QED) is 0.153. The van der Waals surface area contributed by atoms with Crippen LogP contribution in [0.2, 0.25) is 0 Å². The summed E-state index contributed by atoms with van der Waals surface area (Å²) in [7, 11) is 6.41. The van der Waals surface area contributed by atoms with Gasteiger partial charge in [0.15, 0.2) is 5.78 Å². The van der Waals surface area contributed by atoms with Crippen molar-refractivity contribution < 1.29 is 38.0 Å². The molecule has 0 amide bonds. The number of ether oxygens (including phenoxy) is 1. The van der Waals surface area contributed by atoms with E-state index in [-0.39, 0.29) is 29.8 Å². The molecule has 0 aromatic heterocycles. The zero-order valence-electron chi connectivity index (χ0n) is 20.1. The standard InChI is InChI=1S/C28H32N2O2.HI/c1-20-16-21(2)18-25(17-20)23-9-13-28(32-15-14-30(3,4)5)24(19-23)8-12-27(31)22-6-10-26(29)11-7-22;/h6-13,16-19H,14-15H2,1-5H3,(H-,29,31);1H/b12-8+;. The van der Waals surface area contributed by atoms with Crippen LogP contribution in [0.3, 0.4) is 0 Å². The van der Waals surface area contributed by atoms with Gasteiger partial charge in [0.2, 0.25) is 0 Å². The van der Waals surface area contributed by atoms with E-state index in [1.54, 1.807) is 30.3 Å². The third-order valence-electron chi connectivity index (χ3n) is 5.19. The van der Waals surface area contributed by atoms with Crippen LogP contribution in [-0.4, -0.2) is 44.6 Å². The SMILES string of the molecule is Cc1cc(C)cc(-c2ccc(OCC[N+](C)(C)C)c(/C=C/C(=O)c3ccc(N)cc3)c2)c1.[I-]. The smallest absolute Gasteiger partial charge is 0.185 e. The van der Waals surface area contributed by atoms with Crippen molar-refractivity contribution in [1.82, 2.24) is 0 Å². The zero-order valence-corrected chi connectivity index (χ0v) is 22.2. The Bertz CT molecular complexity index is 1110. The number of nitrogen functional groups attached to an aromatic ring is 1. The van der Waals surface area contributed by atoms with E-state index in [1.807, 2.05) is 12.1 Å². The monoisotopic (exact) mass is 556 g/mol. The first-order chi connectivity index (χ1) is 15.1. The summed E-state index contributed by atoms with van der Waals surface area (Å²) in [6.45, 7) is 5.68. The second-order valence-electron chi connectivity index (χ2n) is 9.31. The van der Waals surface area contributed by atoms with E-state index >= 15 is 0 Å². The Hall–Kier alpha value is -2.64. The largest absolute Gasteiger partial charge is 1.00 e. The number of aryl methyl sites for hydroxylation is 2. The lowest BCUT2D eigenvalue weighted by atomic mass is 9.98. The van der Waals surface area contributed by atoms with Gasteiger partial charge in [0, 0.05) is 16.8 Å². The summed E-state index contributed by atoms with van der Waals surface area (Å²) in [5, 5.41) is 0. The number of benzene rings is 3. The minimum absolute atomic E-state index is 0. The van der Waals surface area contributed by atoms with Gasteiger partial charge in [0.25, 0.3) is 0 Å². The minimum Gasteiger partial charge on any atom is -1.00 e. The van der Waals surface area contributed by atoms with Crippen molar-refractivity contribution in [3.63, 3.8) is 0 Å². The molecule has 0 heterocycles. The molecule has 0 unspecified atom stereocenters. The van der Waals surface area contributed by atoms with Crippen molar-refractivity contribution in [2.24, 2.45) is 0 Å². The van der Waals surface area contributed by atoms with Gasteiger partial charge in [0.05, 0.1) is 21.1 Å². The molecule has 0 aliphatic rings. The Labute approximate surface area is 214 Å². The lowest BCUT2D eigenvalue weighted by Gasteiger charge is -2.24. The van der Waals surface area contributed by atoms with Crippen molar-refractivity contribution in [3.8, 4) is 16.9 Å². The van der Waals surface area contributed by atoms with Gasteiger partial charge < -0.3 is 38.9 Å². The van der Waals surface area contributed by atoms with Gasteiger partial charge >= 0.3 is 0 Å². The molecular weight excluding hydrogens is 523 g/mol. The fourth-order valence-electron chi connectivity index (χ4n) is 3.47. The van der Waals surface area contributed by atoms with Crippen LogP contribution in [-0.2, 0) is 0 Å². The third-order valence-corrected chi connectivity index (χ3v) is 5.19. The highest BCUT2D eigenvalue weighted by atomic mass is 127. The second kappa shape index (κ2) is 11.5. The molecule has 3 rings (SSSR count). The number of hydrogen-bond donors (Lipinski definition) is 1. The fraction of sp³-hybridized carbons (Fsp3) is 0.250. The number of nitrogens with two attached hydrogens (primary N) is 1. The van der Waals surface area contributed by atoms with E-state index < -0.39 is 0 Å². The molecule has 3 aromatic rings. The highest BCUT2D eigenvalue weighted by Gasteiger charge is 2.10. The summed E-state index contributed by atoms with van der Waals surface area (Å²) in [5.41, 5.74) is 12.5. The minimum atomic E-state index is -0.0703. The molecule has 0 atom stereocenters. The van der Waals surface area contributed by atoms with Crippen molar-refractivity contribution in [1.29, 1.82) is 0 Å². The maximum atomic E-state index is 12.7. The van der Waals surface area contributed by atoms with E-state index in [0.717, 1.165) is 33.5 Å². The van der Waals surface area contributed by atoms with Crippen molar-refractivity contribution in [2.75, 3.05) is 40.0 Å². The third kappa shape index (κ3) is 8.02. The number of halogens is 1. The van der Waals surface area contributed by atoms with Crippen LogP contribution in [0, 0.1) is 13.8 Å². The molecule has 0 aliphatic heterocycles. The van der Waals surface area contributed by atoms with Crippen LogP contribution in [0.5, 0.6) is 5.75 Å². The Morgan fingerprint density at radius 1 is 0.909 bits per heavy atom. The Kier molecular flexibility index (Phi) is 9.25. The number of carbonyl (C=O) groups is 1. The fourth-order valence-corrected chi connectivity index (χ4v) is 3.47. The van der Waals surface area contributed by atoms with Crippen molar-refractivity contribution in [3.05, 3.63) is 89.0 Å². The highest BCUT2D eigenvalue weighted by molar-refractivity contribution is 6.07. The zero-order chi connectivity index (χ0) is 23.3. The molecule has 4 nitrogen and oxygen atoms in total. The van der Waals surface area contributed by atoms with Crippen molar-refractivity contribution >= 4 is 17.5 Å². The van der Waals surface area contributed by atoms with E-state index in [0.29, 0.717) is 17.9 Å². The number of rotatable bonds is 8. The van der Waals surface area contributed by atoms with Gasteiger partial charge in [-0.2, -0.15) is 0 Å². The summed E-state index contributed by atoms with van der Waals surface area (Å²) in [6, 6.07) is 19.6. The predicted molar refractivity (Wildman–Crippen MR) is 134 cm³/mol. The molecule has 0 radical (unpaired) electrons. The van der Waals surface area contributed by atoms with Crippen LogP contribution in [0.15, 0.2) is 66.7 Å². The number of nitrogens with zero attached hydrogens (tertiary/aromatic N) is 1. The number of likely N-dealkylation sites (N-methyl/N-ethyl adjacent to an activating group) is 1. The first kappa shape index (κ1) is 26.6. The van der Waals surface area contributed by atoms with Gasteiger partial charge in [-0.05, 0) is 73.5 Å². The molecule has 0 saturated heterocycles. The number of ketones is 1. The van der Waals surface area contributed by atoms with Gasteiger partial charge in [-0.1, -0.05) is 35.4 Å². The molecule has 5 heteroatoms. The van der Waals surface area contributed by atoms with Gasteiger partial charge in [-0.3, -0.25) is 4.79 Å². The summed E-state index contributed by atoms with van der Waals surface area (Å²) >= 11 is 0. The van der Waals surface area contributed by atoms with Crippen LogP contribution in [0.25, 0.3) is 17.2 Å². The molecule has 0 spiro atoms. The van der Waals surface area contributed by atoms with Crippen LogP contribution >= 0.6 is 0 Å². The summed E-state index contributed by atoms with van der Waals surface area (Å²) in [6.07, 6.45) is 3.44. The lowest BCUT2D eigenvalue weighted by Crippen LogP contribution is -3.00. The van der Waals surface area contributed by atoms with E-state index in [9.17, 15) is 4.79 Å². The molecule has 2 N–H and O–H groups in total. The van der Waals surface area contributed by atoms with Crippen LogP contribution in [0.4, 0.5) is 5.69 Å². The second-order valence-corrected chi connectivity index (χ2v) is 9.31. The van der Waals surface area contributed by atoms with Crippen molar-refractivity contribution in [2.45, 2.75) is 13.8 Å². The van der Waals surface area contributed by atoms with Crippen LogP contribution < -0.4 is 34.4 Å². The normalized spacial score (nSPS) is 11.3. The average Bonchev–Trinajstić information content (AvgIpc) is 2.71. The predicted octanol–water partition coefficient (Wildman–Crippen LogP) is 2.54. The van der Waals surface area contributed by atoms with E-state index in [1.165, 1.54) is 11.1 Å². The van der Waals surface area contributed by atoms with Gasteiger partial charge in [-0.25, -0.2) is 0 Å². The Balaban J connectivity index is 0.00000385. The molecule has 174 valence electrons. The number of carbonyl (C=O) groups excluding carboxylic acids is 1. The Morgan fingerprint density at radius 3 is 2.15 bits per heavy atom. The van der Waals surface area contributed by atoms with Gasteiger partial charge in [0.1, 0.15) is 18.9 Å². The maximum absolute atomic E-state index is 12.7. The number of anilines is 1. The van der Waals surface area contributed by atoms with E-state index in [2.05, 4.69) is 65.3 Å². The molecule has 0 saturated carbocycles. The topological polar surface area (TPSA) is 52.3 Å². The van der Waals surface area contributed by atoms with Gasteiger partial charge in [-0.15, -0.1) is 0 Å². The van der Waals surface area contributed by atoms with E-state index in [4.69, 9.17) is 10.5 Å². The summed E-state index contributed by atoms with van der Waals surface area (Å²) in [4.78, 5) is 12.7. The number of quaternary nitrogens is 1. The molecular formula is C28H33IN2O2. The first-order valence-electron chi connectivity index (χ1n) is 10.8. The average molecular weight is 556 g/mol. The first-order valence-corrected chi connectivity index (χ1v) is 10.8. The summed E-state index contributed by atoms with van der Waals surface area (Å²) in [5.74, 6) is 0.701. The molecule has 0 fully saturated rings. The number of allylic oxidation sites excluding steroid dienone is 1.